The number of carboxylic acids is 1. The fraction of sp³-hybridized carbons (Fsp3) is 0.800. The van der Waals surface area contributed by atoms with Crippen LogP contribution in [0.25, 0.3) is 0 Å². The molecular weight excluding hydrogens is 196 g/mol. The Morgan fingerprint density at radius 3 is 2.93 bits per heavy atom. The molecule has 2 aliphatic rings. The molecule has 5 heteroatoms. The first-order chi connectivity index (χ1) is 7.05. The summed E-state index contributed by atoms with van der Waals surface area (Å²) in [4.78, 5) is 24.4. The third-order valence-electron chi connectivity index (χ3n) is 3.66. The first-order valence-corrected chi connectivity index (χ1v) is 5.33. The fourth-order valence-corrected chi connectivity index (χ4v) is 2.68. The van der Waals surface area contributed by atoms with Crippen LogP contribution in [0.3, 0.4) is 0 Å². The number of carbonyl (C=O) groups excluding carboxylic acids is 1. The van der Waals surface area contributed by atoms with Gasteiger partial charge in [0.25, 0.3) is 0 Å². The Kier molecular flexibility index (Phi) is 2.32. The number of urea groups is 1. The molecule has 84 valence electrons. The van der Waals surface area contributed by atoms with Gasteiger partial charge in [0.05, 0.1) is 5.41 Å². The van der Waals surface area contributed by atoms with Gasteiger partial charge in [-0.25, -0.2) is 4.79 Å². The lowest BCUT2D eigenvalue weighted by Gasteiger charge is -2.33. The standard InChI is InChI=1S/C10H16N2O3/c1-10(8(13)14)4-2-3-7(10)12-6-5-11-9(12)15/h7H,2-6H2,1H3,(H,11,15)(H,13,14). The maximum Gasteiger partial charge on any atom is 0.317 e. The molecule has 1 saturated heterocycles. The van der Waals surface area contributed by atoms with Gasteiger partial charge < -0.3 is 15.3 Å². The minimum Gasteiger partial charge on any atom is -0.481 e. The molecule has 1 heterocycles. The molecule has 2 atom stereocenters. The summed E-state index contributed by atoms with van der Waals surface area (Å²) >= 11 is 0. The molecule has 5 nitrogen and oxygen atoms in total. The van der Waals surface area contributed by atoms with Crippen LogP contribution in [-0.2, 0) is 4.79 Å². The molecule has 0 aromatic heterocycles. The van der Waals surface area contributed by atoms with Crippen molar-refractivity contribution in [3.8, 4) is 0 Å². The number of nitrogens with one attached hydrogen (secondary N) is 1. The smallest absolute Gasteiger partial charge is 0.317 e. The van der Waals surface area contributed by atoms with E-state index < -0.39 is 11.4 Å². The van der Waals surface area contributed by atoms with Crippen LogP contribution in [0.5, 0.6) is 0 Å². The monoisotopic (exact) mass is 212 g/mol. The van der Waals surface area contributed by atoms with Gasteiger partial charge in [-0.05, 0) is 19.8 Å². The number of hydrogen-bond acceptors (Lipinski definition) is 2. The van der Waals surface area contributed by atoms with Gasteiger partial charge in [-0.1, -0.05) is 6.42 Å². The van der Waals surface area contributed by atoms with Gasteiger partial charge in [0.2, 0.25) is 0 Å². The number of amides is 2. The lowest BCUT2D eigenvalue weighted by molar-refractivity contribution is -0.150. The first kappa shape index (κ1) is 10.3. The van der Waals surface area contributed by atoms with Crippen molar-refractivity contribution in [1.29, 1.82) is 0 Å². The van der Waals surface area contributed by atoms with E-state index in [0.717, 1.165) is 12.8 Å². The normalized spacial score (nSPS) is 35.7. The van der Waals surface area contributed by atoms with Crippen molar-refractivity contribution < 1.29 is 14.7 Å². The Hall–Kier alpha value is -1.26. The van der Waals surface area contributed by atoms with Crippen molar-refractivity contribution in [2.45, 2.75) is 32.2 Å². The predicted molar refractivity (Wildman–Crippen MR) is 53.5 cm³/mol. The SMILES string of the molecule is CC1(C(=O)O)CCCC1N1CCNC1=O. The number of hydrogen-bond donors (Lipinski definition) is 2. The largest absolute Gasteiger partial charge is 0.481 e. The van der Waals surface area contributed by atoms with Crippen LogP contribution in [0.2, 0.25) is 0 Å². The first-order valence-electron chi connectivity index (χ1n) is 5.33. The van der Waals surface area contributed by atoms with Gasteiger partial charge in [0.15, 0.2) is 0 Å². The molecule has 0 aromatic carbocycles. The van der Waals surface area contributed by atoms with Crippen LogP contribution >= 0.6 is 0 Å². The summed E-state index contributed by atoms with van der Waals surface area (Å²) in [5.41, 5.74) is -0.762. The highest BCUT2D eigenvalue weighted by atomic mass is 16.4. The van der Waals surface area contributed by atoms with Gasteiger partial charge in [0, 0.05) is 19.1 Å². The van der Waals surface area contributed by atoms with Crippen molar-refractivity contribution >= 4 is 12.0 Å². The van der Waals surface area contributed by atoms with Crippen LogP contribution in [0.1, 0.15) is 26.2 Å². The minimum atomic E-state index is -0.787. The van der Waals surface area contributed by atoms with Crippen LogP contribution in [0.15, 0.2) is 0 Å². The van der Waals surface area contributed by atoms with E-state index in [-0.39, 0.29) is 12.1 Å². The van der Waals surface area contributed by atoms with Gasteiger partial charge >= 0.3 is 12.0 Å². The molecule has 2 amide bonds. The zero-order valence-corrected chi connectivity index (χ0v) is 8.82. The molecule has 2 rings (SSSR count). The Morgan fingerprint density at radius 2 is 2.40 bits per heavy atom. The second-order valence-corrected chi connectivity index (χ2v) is 4.56. The number of carbonyl (C=O) groups is 2. The third-order valence-corrected chi connectivity index (χ3v) is 3.66. The zero-order chi connectivity index (χ0) is 11.1. The van der Waals surface area contributed by atoms with Gasteiger partial charge in [-0.2, -0.15) is 0 Å². The summed E-state index contributed by atoms with van der Waals surface area (Å²) in [5, 5.41) is 11.9. The average Bonchev–Trinajstić information content (AvgIpc) is 2.72. The topological polar surface area (TPSA) is 69.6 Å². The molecule has 0 aromatic rings. The maximum absolute atomic E-state index is 11.5. The average molecular weight is 212 g/mol. The van der Waals surface area contributed by atoms with Crippen molar-refractivity contribution in [1.82, 2.24) is 10.2 Å². The molecule has 1 saturated carbocycles. The summed E-state index contributed by atoms with van der Waals surface area (Å²) in [7, 11) is 0. The van der Waals surface area contributed by atoms with Crippen LogP contribution in [0, 0.1) is 5.41 Å². The Balaban J connectivity index is 2.21. The molecular formula is C10H16N2O3. The minimum absolute atomic E-state index is 0.116. The summed E-state index contributed by atoms with van der Waals surface area (Å²) in [6.07, 6.45) is 2.35. The molecule has 2 unspecified atom stereocenters. The van der Waals surface area contributed by atoms with E-state index in [2.05, 4.69) is 5.32 Å². The predicted octanol–water partition coefficient (Wildman–Crippen LogP) is 0.655. The van der Waals surface area contributed by atoms with Crippen molar-refractivity contribution in [2.24, 2.45) is 5.41 Å². The second-order valence-electron chi connectivity index (χ2n) is 4.56. The molecule has 0 bridgehead atoms. The van der Waals surface area contributed by atoms with Crippen LogP contribution in [-0.4, -0.2) is 41.1 Å². The van der Waals surface area contributed by atoms with E-state index in [0.29, 0.717) is 19.5 Å². The highest BCUT2D eigenvalue weighted by Gasteiger charge is 2.49. The van der Waals surface area contributed by atoms with E-state index in [1.807, 2.05) is 0 Å². The number of rotatable bonds is 2. The van der Waals surface area contributed by atoms with Crippen molar-refractivity contribution in [3.05, 3.63) is 0 Å². The van der Waals surface area contributed by atoms with E-state index >= 15 is 0 Å². The van der Waals surface area contributed by atoms with Crippen molar-refractivity contribution in [2.75, 3.05) is 13.1 Å². The van der Waals surface area contributed by atoms with E-state index in [9.17, 15) is 14.7 Å². The zero-order valence-electron chi connectivity index (χ0n) is 8.82. The van der Waals surface area contributed by atoms with Crippen LogP contribution < -0.4 is 5.32 Å². The Labute approximate surface area is 88.4 Å². The fourth-order valence-electron chi connectivity index (χ4n) is 2.68. The lowest BCUT2D eigenvalue weighted by Crippen LogP contribution is -2.48. The van der Waals surface area contributed by atoms with E-state index in [1.54, 1.807) is 11.8 Å². The molecule has 1 aliphatic heterocycles. The Bertz CT molecular complexity index is 305. The van der Waals surface area contributed by atoms with Gasteiger partial charge in [-0.3, -0.25) is 4.79 Å². The van der Waals surface area contributed by atoms with E-state index in [1.165, 1.54) is 0 Å². The number of aliphatic carboxylic acids is 1. The highest BCUT2D eigenvalue weighted by Crippen LogP contribution is 2.41. The van der Waals surface area contributed by atoms with Gasteiger partial charge in [-0.15, -0.1) is 0 Å². The lowest BCUT2D eigenvalue weighted by atomic mass is 9.84. The summed E-state index contributed by atoms with van der Waals surface area (Å²) in [6, 6.07) is -0.258. The van der Waals surface area contributed by atoms with Crippen LogP contribution in [0.4, 0.5) is 4.79 Å². The third kappa shape index (κ3) is 1.46. The molecule has 0 radical (unpaired) electrons. The second kappa shape index (κ2) is 3.40. The number of carboxylic acid groups (broad SMARTS) is 1. The van der Waals surface area contributed by atoms with E-state index in [4.69, 9.17) is 0 Å². The molecule has 1 aliphatic carbocycles. The summed E-state index contributed by atoms with van der Waals surface area (Å²) in [5.74, 6) is -0.787. The molecule has 2 N–H and O–H groups in total. The summed E-state index contributed by atoms with van der Waals surface area (Å²) < 4.78 is 0. The maximum atomic E-state index is 11.5. The Morgan fingerprint density at radius 1 is 1.67 bits per heavy atom. The summed E-state index contributed by atoms with van der Waals surface area (Å²) in [6.45, 7) is 3.01. The molecule has 0 spiro atoms. The van der Waals surface area contributed by atoms with Crippen molar-refractivity contribution in [3.63, 3.8) is 0 Å². The molecule has 15 heavy (non-hydrogen) atoms. The number of nitrogens with zero attached hydrogens (tertiary/aromatic N) is 1. The molecule has 2 fully saturated rings. The highest BCUT2D eigenvalue weighted by molar-refractivity contribution is 5.80. The quantitative estimate of drug-likeness (QED) is 0.706. The van der Waals surface area contributed by atoms with Gasteiger partial charge in [0.1, 0.15) is 0 Å².